The summed E-state index contributed by atoms with van der Waals surface area (Å²) in [5, 5.41) is -0.968. The minimum atomic E-state index is -0.968. The fourth-order valence-electron chi connectivity index (χ4n) is 3.46. The van der Waals surface area contributed by atoms with Crippen molar-refractivity contribution >= 4 is 29.4 Å². The molecule has 1 aliphatic rings. The van der Waals surface area contributed by atoms with Crippen LogP contribution in [0.5, 0.6) is 28.7 Å². The molecule has 7 nitrogen and oxygen atoms in total. The van der Waals surface area contributed by atoms with Gasteiger partial charge in [-0.2, -0.15) is 0 Å². The van der Waals surface area contributed by atoms with Crippen LogP contribution in [-0.4, -0.2) is 33.1 Å². The average Bonchev–Trinajstić information content (AvgIpc) is 3.17. The quantitative estimate of drug-likeness (QED) is 0.198. The number of benzene rings is 3. The molecule has 1 heterocycles. The van der Waals surface area contributed by atoms with Crippen LogP contribution in [-0.2, 0) is 4.79 Å². The molecule has 0 fully saturated rings. The smallest absolute Gasteiger partial charge is 0.334 e. The van der Waals surface area contributed by atoms with Crippen LogP contribution in [0.4, 0.5) is 0 Å². The molecule has 8 heteroatoms. The molecule has 3 aromatic carbocycles. The molecule has 0 saturated heterocycles. The van der Waals surface area contributed by atoms with Crippen LogP contribution in [0.15, 0.2) is 66.4 Å². The number of carbonyl (C=O) groups excluding carboxylic acids is 2. The number of hydrogen-bond donors (Lipinski definition) is 0. The van der Waals surface area contributed by atoms with Gasteiger partial charge in [0.2, 0.25) is 5.78 Å². The summed E-state index contributed by atoms with van der Waals surface area (Å²) in [5.74, 6) is 1.05. The molecular weight excluding hydrogens is 460 g/mol. The normalized spacial score (nSPS) is 14.2. The van der Waals surface area contributed by atoms with Gasteiger partial charge < -0.3 is 23.7 Å². The molecule has 4 rings (SSSR count). The first-order chi connectivity index (χ1) is 16.4. The van der Waals surface area contributed by atoms with Crippen LogP contribution in [0.1, 0.15) is 26.9 Å². The Morgan fingerprint density at radius 2 is 1.59 bits per heavy atom. The van der Waals surface area contributed by atoms with Gasteiger partial charge in [-0.25, -0.2) is 4.79 Å². The first-order valence-corrected chi connectivity index (χ1v) is 10.7. The highest BCUT2D eigenvalue weighted by atomic mass is 35.5. The minimum absolute atomic E-state index is 0.0866. The van der Waals surface area contributed by atoms with Crippen molar-refractivity contribution in [3.8, 4) is 28.7 Å². The molecule has 1 atom stereocenters. The Balaban J connectivity index is 1.57. The molecule has 0 bridgehead atoms. The number of hydrogen-bond acceptors (Lipinski definition) is 7. The van der Waals surface area contributed by atoms with Gasteiger partial charge in [-0.3, -0.25) is 4.79 Å². The summed E-state index contributed by atoms with van der Waals surface area (Å²) in [5.41, 5.74) is 1.53. The molecular formula is C26H21ClO7. The molecule has 174 valence electrons. The summed E-state index contributed by atoms with van der Waals surface area (Å²) >= 11 is 6.24. The number of ether oxygens (including phenoxy) is 5. The van der Waals surface area contributed by atoms with Crippen molar-refractivity contribution < 1.29 is 33.3 Å². The number of Topliss-reactive ketones (excluding diaryl/α,β-unsaturated/α-hetero) is 1. The predicted molar refractivity (Wildman–Crippen MR) is 126 cm³/mol. The van der Waals surface area contributed by atoms with Gasteiger partial charge in [0.05, 0.1) is 26.9 Å². The zero-order chi connectivity index (χ0) is 24.2. The van der Waals surface area contributed by atoms with E-state index < -0.39 is 11.3 Å². The lowest BCUT2D eigenvalue weighted by Gasteiger charge is -2.12. The van der Waals surface area contributed by atoms with Gasteiger partial charge in [-0.1, -0.05) is 30.3 Å². The Labute approximate surface area is 201 Å². The largest absolute Gasteiger partial charge is 0.496 e. The zero-order valence-corrected chi connectivity index (χ0v) is 19.4. The molecule has 0 radical (unpaired) electrons. The maximum Gasteiger partial charge on any atom is 0.334 e. The average molecular weight is 481 g/mol. The van der Waals surface area contributed by atoms with Crippen molar-refractivity contribution in [1.29, 1.82) is 0 Å². The second-order valence-electron chi connectivity index (χ2n) is 7.24. The van der Waals surface area contributed by atoms with E-state index in [9.17, 15) is 9.59 Å². The van der Waals surface area contributed by atoms with Gasteiger partial charge >= 0.3 is 5.97 Å². The van der Waals surface area contributed by atoms with Gasteiger partial charge in [-0.15, -0.1) is 11.6 Å². The fraction of sp³-hybridized carbons (Fsp3) is 0.154. The van der Waals surface area contributed by atoms with Gasteiger partial charge in [0.25, 0.3) is 0 Å². The van der Waals surface area contributed by atoms with Gasteiger partial charge in [-0.05, 0) is 29.8 Å². The third-order valence-corrected chi connectivity index (χ3v) is 5.61. The molecule has 0 N–H and O–H groups in total. The fourth-order valence-corrected chi connectivity index (χ4v) is 3.65. The van der Waals surface area contributed by atoms with Crippen LogP contribution in [0.2, 0.25) is 0 Å². The molecule has 0 amide bonds. The molecule has 1 unspecified atom stereocenters. The summed E-state index contributed by atoms with van der Waals surface area (Å²) in [4.78, 5) is 25.3. The van der Waals surface area contributed by atoms with Gasteiger partial charge in [0, 0.05) is 17.7 Å². The Bertz CT molecular complexity index is 1270. The first kappa shape index (κ1) is 23.2. The molecule has 3 aromatic rings. The minimum Gasteiger partial charge on any atom is -0.496 e. The number of ketones is 1. The zero-order valence-electron chi connectivity index (χ0n) is 18.7. The number of rotatable bonds is 7. The highest BCUT2D eigenvalue weighted by molar-refractivity contribution is 6.30. The van der Waals surface area contributed by atoms with E-state index in [1.807, 2.05) is 6.07 Å². The van der Waals surface area contributed by atoms with E-state index in [2.05, 4.69) is 0 Å². The van der Waals surface area contributed by atoms with Crippen molar-refractivity contribution in [2.45, 2.75) is 5.38 Å². The number of alkyl halides is 1. The Morgan fingerprint density at radius 1 is 0.912 bits per heavy atom. The standard InChI is InChI=1S/C26H21ClO7/c1-30-19-14-22(32-3)21(31-2)11-16(19)12-23-25(28)18-10-9-17(13-20(18)34-23)33-26(29)24(27)15-7-5-4-6-8-15/h4-14,24H,1-3H3/b23-12-. The third kappa shape index (κ3) is 4.56. The predicted octanol–water partition coefficient (Wildman–Crippen LogP) is 5.21. The van der Waals surface area contributed by atoms with Crippen molar-refractivity contribution in [3.63, 3.8) is 0 Å². The molecule has 0 aliphatic carbocycles. The third-order valence-electron chi connectivity index (χ3n) is 5.18. The lowest BCUT2D eigenvalue weighted by molar-refractivity contribution is -0.134. The van der Waals surface area contributed by atoms with Crippen molar-refractivity contribution in [2.75, 3.05) is 21.3 Å². The highest BCUT2D eigenvalue weighted by Crippen LogP contribution is 2.39. The topological polar surface area (TPSA) is 80.3 Å². The van der Waals surface area contributed by atoms with Crippen LogP contribution in [0, 0.1) is 0 Å². The van der Waals surface area contributed by atoms with E-state index in [0.29, 0.717) is 33.9 Å². The maximum atomic E-state index is 12.9. The summed E-state index contributed by atoms with van der Waals surface area (Å²) in [6.45, 7) is 0. The second-order valence-corrected chi connectivity index (χ2v) is 7.68. The van der Waals surface area contributed by atoms with Crippen LogP contribution in [0.3, 0.4) is 0 Å². The van der Waals surface area contributed by atoms with Crippen molar-refractivity contribution in [2.24, 2.45) is 0 Å². The summed E-state index contributed by atoms with van der Waals surface area (Å²) < 4.78 is 27.2. The number of allylic oxidation sites excluding steroid dienone is 1. The number of carbonyl (C=O) groups is 2. The van der Waals surface area contributed by atoms with Crippen molar-refractivity contribution in [1.82, 2.24) is 0 Å². The van der Waals surface area contributed by atoms with Gasteiger partial charge in [0.1, 0.15) is 17.2 Å². The monoisotopic (exact) mass is 480 g/mol. The number of halogens is 1. The Morgan fingerprint density at radius 3 is 2.26 bits per heavy atom. The highest BCUT2D eigenvalue weighted by Gasteiger charge is 2.29. The maximum absolute atomic E-state index is 12.9. The van der Waals surface area contributed by atoms with E-state index in [4.69, 9.17) is 35.3 Å². The van der Waals surface area contributed by atoms with E-state index in [-0.39, 0.29) is 23.0 Å². The lowest BCUT2D eigenvalue weighted by Crippen LogP contribution is -2.14. The molecule has 0 spiro atoms. The van der Waals surface area contributed by atoms with Crippen LogP contribution >= 0.6 is 11.6 Å². The number of esters is 1. The van der Waals surface area contributed by atoms with E-state index in [0.717, 1.165) is 0 Å². The summed E-state index contributed by atoms with van der Waals surface area (Å²) in [7, 11) is 4.54. The Hall–Kier alpha value is -3.97. The first-order valence-electron chi connectivity index (χ1n) is 10.2. The molecule has 0 saturated carbocycles. The van der Waals surface area contributed by atoms with Crippen LogP contribution < -0.4 is 23.7 Å². The second kappa shape index (κ2) is 9.89. The Kier molecular flexibility index (Phi) is 6.75. The number of methoxy groups -OCH3 is 3. The van der Waals surface area contributed by atoms with E-state index >= 15 is 0 Å². The molecule has 0 aromatic heterocycles. The summed E-state index contributed by atoms with van der Waals surface area (Å²) in [6, 6.07) is 16.8. The van der Waals surface area contributed by atoms with Gasteiger partial charge in [0.15, 0.2) is 22.6 Å². The molecule has 34 heavy (non-hydrogen) atoms. The summed E-state index contributed by atoms with van der Waals surface area (Å²) in [6.07, 6.45) is 1.55. The van der Waals surface area contributed by atoms with E-state index in [1.54, 1.807) is 48.5 Å². The van der Waals surface area contributed by atoms with Crippen molar-refractivity contribution in [3.05, 3.63) is 83.1 Å². The van der Waals surface area contributed by atoms with E-state index in [1.165, 1.54) is 33.5 Å². The molecule has 1 aliphatic heterocycles. The lowest BCUT2D eigenvalue weighted by atomic mass is 10.1. The van der Waals surface area contributed by atoms with Crippen LogP contribution in [0.25, 0.3) is 6.08 Å². The SMILES string of the molecule is COc1cc(OC)c(OC)cc1/C=C1\Oc2cc(OC(=O)C(Cl)c3ccccc3)ccc2C1=O. The number of fused-ring (bicyclic) bond motifs is 1.